The molecule has 1 aliphatic heterocycles. The molecule has 0 radical (unpaired) electrons. The van der Waals surface area contributed by atoms with Gasteiger partial charge in [-0.15, -0.1) is 5.10 Å². The van der Waals surface area contributed by atoms with E-state index in [9.17, 15) is 4.39 Å². The monoisotopic (exact) mass is 378 g/mol. The van der Waals surface area contributed by atoms with E-state index in [0.717, 1.165) is 11.3 Å². The lowest BCUT2D eigenvalue weighted by Crippen LogP contribution is -2.13. The van der Waals surface area contributed by atoms with E-state index in [2.05, 4.69) is 15.5 Å². The number of thioether (sulfide) groups is 1. The minimum Gasteiger partial charge on any atom is -0.467 e. The Morgan fingerprint density at radius 2 is 2.08 bits per heavy atom. The van der Waals surface area contributed by atoms with Crippen molar-refractivity contribution in [2.45, 2.75) is 17.5 Å². The van der Waals surface area contributed by atoms with Crippen LogP contribution >= 0.6 is 23.4 Å². The number of hydrogen-bond acceptors (Lipinski definition) is 6. The summed E-state index contributed by atoms with van der Waals surface area (Å²) in [5, 5.41) is 13.0. The molecule has 6 nitrogen and oxygen atoms in total. The molecule has 0 aliphatic carbocycles. The van der Waals surface area contributed by atoms with Crippen LogP contribution in [0.3, 0.4) is 0 Å². The number of ether oxygens (including phenoxy) is 2. The Balaban J connectivity index is 1.58. The fraction of sp³-hybridized carbons (Fsp3) is 0.188. The van der Waals surface area contributed by atoms with Gasteiger partial charge >= 0.3 is 0 Å². The van der Waals surface area contributed by atoms with Gasteiger partial charge in [0.05, 0.1) is 12.3 Å². The summed E-state index contributed by atoms with van der Waals surface area (Å²) in [6.45, 7) is 0.506. The second-order valence-corrected chi connectivity index (χ2v) is 6.68. The number of fused-ring (bicyclic) bond motifs is 1. The molecule has 4 rings (SSSR count). The lowest BCUT2D eigenvalue weighted by Gasteiger charge is -2.20. The Morgan fingerprint density at radius 1 is 1.24 bits per heavy atom. The molecule has 0 fully saturated rings. The molecule has 3 aromatic rings. The van der Waals surface area contributed by atoms with Gasteiger partial charge in [-0.05, 0) is 46.8 Å². The summed E-state index contributed by atoms with van der Waals surface area (Å²) in [5.74, 6) is 0.819. The fourth-order valence-corrected chi connectivity index (χ4v) is 3.50. The van der Waals surface area contributed by atoms with Gasteiger partial charge in [-0.1, -0.05) is 23.4 Å². The van der Waals surface area contributed by atoms with Crippen LogP contribution in [0.1, 0.15) is 11.1 Å². The van der Waals surface area contributed by atoms with Crippen LogP contribution in [0.2, 0.25) is 5.02 Å². The molecule has 0 spiro atoms. The highest BCUT2D eigenvalue weighted by atomic mass is 35.5. The van der Waals surface area contributed by atoms with Crippen LogP contribution < -0.4 is 4.74 Å². The van der Waals surface area contributed by atoms with Crippen molar-refractivity contribution in [2.75, 3.05) is 6.79 Å². The maximum Gasteiger partial charge on any atom is 0.214 e. The van der Waals surface area contributed by atoms with Gasteiger partial charge in [-0.2, -0.15) is 4.68 Å². The number of halogens is 2. The summed E-state index contributed by atoms with van der Waals surface area (Å²) in [5.41, 5.74) is 2.25. The quantitative estimate of drug-likeness (QED) is 0.646. The van der Waals surface area contributed by atoms with Crippen LogP contribution in [0.15, 0.2) is 41.6 Å². The third-order valence-electron chi connectivity index (χ3n) is 3.62. The zero-order valence-electron chi connectivity index (χ0n) is 12.9. The molecule has 128 valence electrons. The summed E-state index contributed by atoms with van der Waals surface area (Å²) in [4.78, 5) is 0. The number of aromatic nitrogens is 4. The van der Waals surface area contributed by atoms with Crippen molar-refractivity contribution in [3.05, 3.63) is 58.4 Å². The van der Waals surface area contributed by atoms with E-state index in [4.69, 9.17) is 21.1 Å². The van der Waals surface area contributed by atoms with E-state index >= 15 is 0 Å². The molecule has 25 heavy (non-hydrogen) atoms. The molecule has 2 aromatic carbocycles. The Hall–Kier alpha value is -2.16. The van der Waals surface area contributed by atoms with Gasteiger partial charge in [0.1, 0.15) is 11.6 Å². The van der Waals surface area contributed by atoms with Crippen LogP contribution in [0.5, 0.6) is 5.75 Å². The van der Waals surface area contributed by atoms with E-state index in [1.807, 2.05) is 12.1 Å². The summed E-state index contributed by atoms with van der Waals surface area (Å²) in [6.07, 6.45) is 0. The summed E-state index contributed by atoms with van der Waals surface area (Å²) in [7, 11) is 0. The molecule has 2 heterocycles. The van der Waals surface area contributed by atoms with Crippen LogP contribution in [-0.4, -0.2) is 27.0 Å². The van der Waals surface area contributed by atoms with E-state index in [0.29, 0.717) is 33.9 Å². The third kappa shape index (κ3) is 3.46. The minimum absolute atomic E-state index is 0.165. The highest BCUT2D eigenvalue weighted by Crippen LogP contribution is 2.33. The Labute approximate surface area is 151 Å². The smallest absolute Gasteiger partial charge is 0.214 e. The van der Waals surface area contributed by atoms with Crippen molar-refractivity contribution in [3.63, 3.8) is 0 Å². The molecular weight excluding hydrogens is 367 g/mol. The molecule has 0 N–H and O–H groups in total. The molecule has 0 amide bonds. The molecule has 0 atom stereocenters. The van der Waals surface area contributed by atoms with Crippen LogP contribution in [0.25, 0.3) is 5.69 Å². The molecule has 0 saturated carbocycles. The first kappa shape index (κ1) is 16.3. The predicted molar refractivity (Wildman–Crippen MR) is 90.4 cm³/mol. The van der Waals surface area contributed by atoms with E-state index < -0.39 is 0 Å². The van der Waals surface area contributed by atoms with E-state index in [1.54, 1.807) is 16.8 Å². The Morgan fingerprint density at radius 3 is 2.92 bits per heavy atom. The average Bonchev–Trinajstić information content (AvgIpc) is 3.08. The number of hydrogen-bond donors (Lipinski definition) is 0. The first-order valence-corrected chi connectivity index (χ1v) is 8.76. The van der Waals surface area contributed by atoms with Crippen molar-refractivity contribution in [1.82, 2.24) is 20.2 Å². The van der Waals surface area contributed by atoms with Crippen LogP contribution in [-0.2, 0) is 17.1 Å². The van der Waals surface area contributed by atoms with Crippen LogP contribution in [0.4, 0.5) is 4.39 Å². The molecule has 9 heteroatoms. The van der Waals surface area contributed by atoms with Crippen molar-refractivity contribution in [2.24, 2.45) is 0 Å². The summed E-state index contributed by atoms with van der Waals surface area (Å²) in [6, 6.07) is 10.1. The largest absolute Gasteiger partial charge is 0.467 e. The minimum atomic E-state index is -0.319. The first-order chi connectivity index (χ1) is 12.2. The lowest BCUT2D eigenvalue weighted by atomic mass is 10.1. The van der Waals surface area contributed by atoms with Crippen molar-refractivity contribution in [3.8, 4) is 11.4 Å². The number of benzene rings is 2. The van der Waals surface area contributed by atoms with Gasteiger partial charge in [0.25, 0.3) is 0 Å². The van der Waals surface area contributed by atoms with Crippen LogP contribution in [0, 0.1) is 5.82 Å². The number of rotatable bonds is 4. The van der Waals surface area contributed by atoms with Gasteiger partial charge < -0.3 is 9.47 Å². The molecule has 0 saturated heterocycles. The van der Waals surface area contributed by atoms with Crippen molar-refractivity contribution >= 4 is 23.4 Å². The van der Waals surface area contributed by atoms with E-state index in [1.165, 1.54) is 23.9 Å². The Bertz CT molecular complexity index is 904. The molecule has 1 aromatic heterocycles. The second kappa shape index (κ2) is 6.99. The van der Waals surface area contributed by atoms with Gasteiger partial charge in [-0.25, -0.2) is 4.39 Å². The molecule has 1 aliphatic rings. The van der Waals surface area contributed by atoms with Gasteiger partial charge in [-0.3, -0.25) is 0 Å². The zero-order valence-corrected chi connectivity index (χ0v) is 14.4. The van der Waals surface area contributed by atoms with E-state index in [-0.39, 0.29) is 12.6 Å². The second-order valence-electron chi connectivity index (χ2n) is 5.30. The van der Waals surface area contributed by atoms with Gasteiger partial charge in [0, 0.05) is 21.9 Å². The summed E-state index contributed by atoms with van der Waals surface area (Å²) >= 11 is 7.30. The normalized spacial score (nSPS) is 13.4. The predicted octanol–water partition coefficient (Wildman–Crippen LogP) is 3.61. The Kier molecular flexibility index (Phi) is 4.56. The topological polar surface area (TPSA) is 62.1 Å². The highest BCUT2D eigenvalue weighted by Gasteiger charge is 2.18. The average molecular weight is 379 g/mol. The lowest BCUT2D eigenvalue weighted by molar-refractivity contribution is -0.0171. The highest BCUT2D eigenvalue weighted by molar-refractivity contribution is 7.98. The standard InChI is InChI=1S/C16H12ClFN4O2S/c17-12-1-3-14(4-2-12)22-16(19-20-21-22)25-8-11-6-13(18)5-10-7-23-9-24-15(10)11/h1-6H,7-9H2. The molecule has 0 unspecified atom stereocenters. The molecule has 0 bridgehead atoms. The number of tetrazole rings is 1. The van der Waals surface area contributed by atoms with Crippen molar-refractivity contribution < 1.29 is 13.9 Å². The third-order valence-corrected chi connectivity index (χ3v) is 4.84. The van der Waals surface area contributed by atoms with Gasteiger partial charge in [0.2, 0.25) is 5.16 Å². The SMILES string of the molecule is Fc1cc2c(c(CSc3nnnn3-c3ccc(Cl)cc3)c1)OCOC2. The first-order valence-electron chi connectivity index (χ1n) is 7.39. The summed E-state index contributed by atoms with van der Waals surface area (Å²) < 4.78 is 26.2. The zero-order chi connectivity index (χ0) is 17.2. The molecular formula is C16H12ClFN4O2S. The fourth-order valence-electron chi connectivity index (χ4n) is 2.52. The maximum atomic E-state index is 13.8. The number of nitrogens with zero attached hydrogens (tertiary/aromatic N) is 4. The van der Waals surface area contributed by atoms with Crippen molar-refractivity contribution in [1.29, 1.82) is 0 Å². The van der Waals surface area contributed by atoms with Gasteiger partial charge in [0.15, 0.2) is 6.79 Å². The maximum absolute atomic E-state index is 13.8.